The van der Waals surface area contributed by atoms with Crippen molar-refractivity contribution in [3.63, 3.8) is 0 Å². The van der Waals surface area contributed by atoms with Crippen molar-refractivity contribution in [2.45, 2.75) is 11.8 Å². The number of ether oxygens (including phenoxy) is 2. The smallest absolute Gasteiger partial charge is 0.132 e. The summed E-state index contributed by atoms with van der Waals surface area (Å²) in [6.45, 7) is 0. The van der Waals surface area contributed by atoms with Crippen LogP contribution in [0.15, 0.2) is 206 Å². The van der Waals surface area contributed by atoms with E-state index in [4.69, 9.17) is 9.47 Å². The monoisotopic (exact) mass is 856 g/mol. The summed E-state index contributed by atoms with van der Waals surface area (Å²) in [5, 5.41) is 48.3. The van der Waals surface area contributed by atoms with Gasteiger partial charge in [-0.25, -0.2) is 0 Å². The lowest BCUT2D eigenvalue weighted by Crippen LogP contribution is -2.13. The maximum absolute atomic E-state index is 10.1. The van der Waals surface area contributed by atoms with E-state index in [2.05, 4.69) is 72.8 Å². The average Bonchev–Trinajstić information content (AvgIpc) is 3.35. The molecular weight excluding hydrogens is 817 g/mol. The van der Waals surface area contributed by atoms with Crippen molar-refractivity contribution in [1.29, 1.82) is 0 Å². The Kier molecular flexibility index (Phi) is 9.14. The summed E-state index contributed by atoms with van der Waals surface area (Å²) < 4.78 is 12.9. The molecule has 6 nitrogen and oxygen atoms in total. The van der Waals surface area contributed by atoms with E-state index < -0.39 is 0 Å². The van der Waals surface area contributed by atoms with Crippen LogP contribution in [0.25, 0.3) is 54.2 Å². The zero-order chi connectivity index (χ0) is 44.5. The van der Waals surface area contributed by atoms with Gasteiger partial charge in [-0.05, 0) is 138 Å². The van der Waals surface area contributed by atoms with E-state index in [0.717, 1.165) is 99.5 Å². The van der Waals surface area contributed by atoms with E-state index in [1.807, 2.05) is 84.9 Å². The van der Waals surface area contributed by atoms with Crippen LogP contribution in [-0.4, -0.2) is 20.4 Å². The first-order valence-electron chi connectivity index (χ1n) is 21.9. The highest BCUT2D eigenvalue weighted by atomic mass is 16.5. The summed E-state index contributed by atoms with van der Waals surface area (Å²) in [7, 11) is 0. The van der Waals surface area contributed by atoms with Crippen molar-refractivity contribution < 1.29 is 29.9 Å². The third-order valence-electron chi connectivity index (χ3n) is 13.1. The number of rotatable bonds is 3. The lowest BCUT2D eigenvalue weighted by Gasteiger charge is -2.31. The quantitative estimate of drug-likeness (QED) is 0.141. The fraction of sp³-hybridized carbons (Fsp3) is 0.0333. The van der Waals surface area contributed by atoms with E-state index in [1.165, 1.54) is 11.1 Å². The van der Waals surface area contributed by atoms with Crippen molar-refractivity contribution in [2.75, 3.05) is 0 Å². The van der Waals surface area contributed by atoms with Crippen LogP contribution in [0, 0.1) is 0 Å². The third kappa shape index (κ3) is 6.58. The predicted octanol–water partition coefficient (Wildman–Crippen LogP) is 15.0. The van der Waals surface area contributed by atoms with Gasteiger partial charge < -0.3 is 29.9 Å². The number of fused-ring (bicyclic) bond motifs is 12. The van der Waals surface area contributed by atoms with Gasteiger partial charge in [0.1, 0.15) is 46.0 Å². The van der Waals surface area contributed by atoms with Crippen molar-refractivity contribution in [2.24, 2.45) is 0 Å². The summed E-state index contributed by atoms with van der Waals surface area (Å²) in [5.41, 5.74) is 9.00. The molecule has 0 saturated carbocycles. The van der Waals surface area contributed by atoms with E-state index in [9.17, 15) is 20.4 Å². The molecule has 0 fully saturated rings. The van der Waals surface area contributed by atoms with Gasteiger partial charge in [-0.15, -0.1) is 0 Å². The van der Waals surface area contributed by atoms with E-state index >= 15 is 0 Å². The van der Waals surface area contributed by atoms with Crippen molar-refractivity contribution in [3.05, 3.63) is 240 Å². The van der Waals surface area contributed by atoms with Gasteiger partial charge in [0.15, 0.2) is 0 Å². The Morgan fingerprint density at radius 2 is 0.576 bits per heavy atom. The van der Waals surface area contributed by atoms with E-state index in [-0.39, 0.29) is 34.8 Å². The Bertz CT molecular complexity index is 3510. The molecule has 0 unspecified atom stereocenters. The van der Waals surface area contributed by atoms with Crippen LogP contribution in [0.3, 0.4) is 0 Å². The number of phenols is 4. The molecular formula is C60H40O6. The van der Waals surface area contributed by atoms with Crippen LogP contribution in [0.5, 0.6) is 46.0 Å². The Balaban J connectivity index is 0.000000141. The molecule has 66 heavy (non-hydrogen) atoms. The Morgan fingerprint density at radius 3 is 0.924 bits per heavy atom. The van der Waals surface area contributed by atoms with Gasteiger partial charge in [-0.2, -0.15) is 0 Å². The topological polar surface area (TPSA) is 99.4 Å². The molecule has 0 atom stereocenters. The van der Waals surface area contributed by atoms with Gasteiger partial charge in [0.2, 0.25) is 0 Å². The minimum atomic E-state index is -0.0879. The molecule has 0 saturated heterocycles. The molecule has 6 heteroatoms. The summed E-state index contributed by atoms with van der Waals surface area (Å²) in [6.07, 6.45) is 0. The fourth-order valence-electron chi connectivity index (χ4n) is 10.2. The van der Waals surface area contributed by atoms with Gasteiger partial charge in [0.05, 0.1) is 0 Å². The molecule has 0 amide bonds. The second-order valence-electron chi connectivity index (χ2n) is 17.0. The molecule has 11 aromatic rings. The molecule has 0 aliphatic carbocycles. The summed E-state index contributed by atoms with van der Waals surface area (Å²) in [6, 6.07) is 67.4. The first-order valence-corrected chi connectivity index (χ1v) is 21.9. The fourth-order valence-corrected chi connectivity index (χ4v) is 10.2. The molecule has 0 radical (unpaired) electrons. The number of hydrogen-bond donors (Lipinski definition) is 4. The van der Waals surface area contributed by atoms with Crippen LogP contribution in [0.4, 0.5) is 0 Å². The van der Waals surface area contributed by atoms with Crippen LogP contribution < -0.4 is 9.47 Å². The Labute approximate surface area is 380 Å². The lowest BCUT2D eigenvalue weighted by molar-refractivity contribution is 0.455. The Morgan fingerprint density at radius 1 is 0.273 bits per heavy atom. The Hall–Kier alpha value is -8.74. The van der Waals surface area contributed by atoms with Crippen LogP contribution >= 0.6 is 0 Å². The molecule has 316 valence electrons. The lowest BCUT2D eigenvalue weighted by atomic mass is 9.78. The van der Waals surface area contributed by atoms with Crippen LogP contribution in [0.2, 0.25) is 0 Å². The van der Waals surface area contributed by atoms with Gasteiger partial charge in [-0.3, -0.25) is 0 Å². The second kappa shape index (κ2) is 15.5. The first-order chi connectivity index (χ1) is 32.3. The zero-order valence-corrected chi connectivity index (χ0v) is 35.4. The van der Waals surface area contributed by atoms with Crippen LogP contribution in [-0.2, 0) is 0 Å². The predicted molar refractivity (Wildman–Crippen MR) is 263 cm³/mol. The minimum Gasteiger partial charge on any atom is -0.508 e. The summed E-state index contributed by atoms with van der Waals surface area (Å²) >= 11 is 0. The molecule has 2 aliphatic heterocycles. The molecule has 13 rings (SSSR count). The van der Waals surface area contributed by atoms with Crippen molar-refractivity contribution in [1.82, 2.24) is 0 Å². The highest BCUT2D eigenvalue weighted by molar-refractivity contribution is 5.97. The first kappa shape index (κ1) is 38.9. The maximum atomic E-state index is 10.1. The zero-order valence-electron chi connectivity index (χ0n) is 35.4. The van der Waals surface area contributed by atoms with E-state index in [0.29, 0.717) is 0 Å². The summed E-state index contributed by atoms with van der Waals surface area (Å²) in [5.74, 6) is 4.14. The highest BCUT2D eigenvalue weighted by Crippen LogP contribution is 2.54. The van der Waals surface area contributed by atoms with Gasteiger partial charge >= 0.3 is 0 Å². The molecule has 2 aliphatic rings. The van der Waals surface area contributed by atoms with Crippen molar-refractivity contribution >= 4 is 43.1 Å². The minimum absolute atomic E-state index is 0.0357. The molecule has 4 N–H and O–H groups in total. The van der Waals surface area contributed by atoms with Gasteiger partial charge in [-0.1, -0.05) is 133 Å². The van der Waals surface area contributed by atoms with Crippen molar-refractivity contribution in [3.8, 4) is 57.1 Å². The average molecular weight is 857 g/mol. The highest BCUT2D eigenvalue weighted by Gasteiger charge is 2.34. The second-order valence-corrected chi connectivity index (χ2v) is 17.0. The molecule has 0 bridgehead atoms. The largest absolute Gasteiger partial charge is 0.508 e. The third-order valence-corrected chi connectivity index (χ3v) is 13.1. The normalized spacial score (nSPS) is 12.9. The number of phenolic OH excluding ortho intramolecular Hbond substituents is 4. The molecule has 11 aromatic carbocycles. The number of aromatic hydroxyl groups is 4. The van der Waals surface area contributed by atoms with Gasteiger partial charge in [0.25, 0.3) is 0 Å². The number of hydrogen-bond acceptors (Lipinski definition) is 6. The SMILES string of the molecule is Oc1ccc2c3c(ccc2c1)Oc1ccc2cc(O)ccc2c1C3c1ccc(-c2ccccc2)cc1.Oc1ccc2c3c(ccc2c1)Oc1ccc2cc(O)ccc2c1C3c1ccccc1. The maximum Gasteiger partial charge on any atom is 0.132 e. The number of benzene rings is 11. The standard InChI is InChI=1S/C33H22O3.C27H18O3/c34-25-12-14-27-23(18-25)10-16-29-32(27)31(22-8-6-21(7-9-22)20-4-2-1-3-5-20)33-28-15-13-26(35)19-24(28)11-17-30(33)36-29;28-19-8-10-21-17(14-19)6-12-23-26(21)25(16-4-2-1-3-5-16)27-22-11-9-20(29)15-18(22)7-13-24(27)30-23/h1-19,31,34-35H;1-15,25,28-29H. The van der Waals surface area contributed by atoms with E-state index in [1.54, 1.807) is 48.5 Å². The van der Waals surface area contributed by atoms with Crippen LogP contribution in [0.1, 0.15) is 45.2 Å². The molecule has 0 aromatic heterocycles. The summed E-state index contributed by atoms with van der Waals surface area (Å²) in [4.78, 5) is 0. The van der Waals surface area contributed by atoms with Gasteiger partial charge in [0, 0.05) is 34.1 Å². The molecule has 2 heterocycles. The molecule has 0 spiro atoms.